The van der Waals surface area contributed by atoms with Crippen molar-refractivity contribution >= 4 is 48.7 Å². The van der Waals surface area contributed by atoms with E-state index in [0.29, 0.717) is 6.61 Å². The lowest BCUT2D eigenvalue weighted by Crippen LogP contribution is -2.39. The summed E-state index contributed by atoms with van der Waals surface area (Å²) in [6, 6.07) is 8.26. The number of aryl methyl sites for hydroxylation is 1. The number of aromatic nitrogens is 4. The Morgan fingerprint density at radius 3 is 2.75 bits per heavy atom. The van der Waals surface area contributed by atoms with E-state index in [-0.39, 0.29) is 6.10 Å². The molecule has 2 aromatic heterocycles. The fourth-order valence-electron chi connectivity index (χ4n) is 2.99. The highest BCUT2D eigenvalue weighted by atomic mass is 79.9. The van der Waals surface area contributed by atoms with Crippen LogP contribution >= 0.6 is 31.9 Å². The molecule has 4 rings (SSSR count). The minimum Gasteiger partial charge on any atom is -0.370 e. The van der Waals surface area contributed by atoms with Gasteiger partial charge < -0.3 is 9.64 Å². The van der Waals surface area contributed by atoms with E-state index in [4.69, 9.17) is 4.74 Å². The minimum atomic E-state index is 0.0207. The number of nitrogens with zero attached hydrogens (tertiary/aromatic N) is 5. The van der Waals surface area contributed by atoms with E-state index < -0.39 is 0 Å². The third-order valence-electron chi connectivity index (χ3n) is 4.17. The van der Waals surface area contributed by atoms with Crippen LogP contribution in [0.15, 0.2) is 39.7 Å². The maximum atomic E-state index is 5.97. The summed E-state index contributed by atoms with van der Waals surface area (Å²) in [5.74, 6) is 0.894. The Hall–Kier alpha value is -1.51. The lowest BCUT2D eigenvalue weighted by molar-refractivity contribution is 0.0396. The van der Waals surface area contributed by atoms with Crippen molar-refractivity contribution in [2.24, 2.45) is 7.05 Å². The van der Waals surface area contributed by atoms with Crippen molar-refractivity contribution in [2.45, 2.75) is 6.10 Å². The number of fused-ring (bicyclic) bond motifs is 1. The van der Waals surface area contributed by atoms with Gasteiger partial charge in [-0.3, -0.25) is 0 Å². The maximum Gasteiger partial charge on any atom is 0.164 e. The molecule has 8 heteroatoms. The van der Waals surface area contributed by atoms with Gasteiger partial charge in [-0.15, -0.1) is 0 Å². The molecule has 0 saturated carbocycles. The smallest absolute Gasteiger partial charge is 0.164 e. The molecule has 24 heavy (non-hydrogen) atoms. The quantitative estimate of drug-likeness (QED) is 0.595. The Kier molecular flexibility index (Phi) is 4.28. The van der Waals surface area contributed by atoms with Gasteiger partial charge in [0, 0.05) is 24.6 Å². The second-order valence-corrected chi connectivity index (χ2v) is 7.33. The van der Waals surface area contributed by atoms with Gasteiger partial charge in [-0.1, -0.05) is 28.1 Å². The average molecular weight is 453 g/mol. The molecule has 1 aliphatic rings. The zero-order valence-electron chi connectivity index (χ0n) is 13.0. The van der Waals surface area contributed by atoms with Crippen molar-refractivity contribution in [2.75, 3.05) is 24.6 Å². The highest BCUT2D eigenvalue weighted by Gasteiger charge is 2.26. The monoisotopic (exact) mass is 451 g/mol. The third-order valence-corrected chi connectivity index (χ3v) is 5.25. The molecular weight excluding hydrogens is 438 g/mol. The molecule has 1 unspecified atom stereocenters. The highest BCUT2D eigenvalue weighted by Crippen LogP contribution is 2.32. The molecule has 1 fully saturated rings. The van der Waals surface area contributed by atoms with Gasteiger partial charge >= 0.3 is 0 Å². The SMILES string of the molecule is Cn1nc(Br)c2c(N3CCOC(c4ccc(Br)cc4)C3)ncnc21. The Morgan fingerprint density at radius 2 is 1.96 bits per heavy atom. The Morgan fingerprint density at radius 1 is 1.17 bits per heavy atom. The topological polar surface area (TPSA) is 56.1 Å². The van der Waals surface area contributed by atoms with Crippen LogP contribution in [0.1, 0.15) is 11.7 Å². The van der Waals surface area contributed by atoms with Crippen molar-refractivity contribution in [3.05, 3.63) is 45.2 Å². The van der Waals surface area contributed by atoms with Crippen LogP contribution in [0.3, 0.4) is 0 Å². The van der Waals surface area contributed by atoms with Gasteiger partial charge in [0.2, 0.25) is 0 Å². The first kappa shape index (κ1) is 16.0. The Labute approximate surface area is 156 Å². The summed E-state index contributed by atoms with van der Waals surface area (Å²) in [7, 11) is 1.88. The summed E-state index contributed by atoms with van der Waals surface area (Å²) in [5.41, 5.74) is 1.98. The molecule has 3 aromatic rings. The molecule has 0 bridgehead atoms. The van der Waals surface area contributed by atoms with Crippen molar-refractivity contribution in [1.82, 2.24) is 19.7 Å². The lowest BCUT2D eigenvalue weighted by atomic mass is 10.1. The van der Waals surface area contributed by atoms with E-state index in [1.165, 1.54) is 5.56 Å². The fourth-order valence-corrected chi connectivity index (χ4v) is 3.84. The number of rotatable bonds is 2. The van der Waals surface area contributed by atoms with Crippen LogP contribution in [0, 0.1) is 0 Å². The summed E-state index contributed by atoms with van der Waals surface area (Å²) < 4.78 is 9.56. The molecule has 6 nitrogen and oxygen atoms in total. The first-order valence-electron chi connectivity index (χ1n) is 7.58. The molecule has 0 N–H and O–H groups in total. The number of halogens is 2. The van der Waals surface area contributed by atoms with Crippen molar-refractivity contribution in [3.63, 3.8) is 0 Å². The molecule has 3 heterocycles. The van der Waals surface area contributed by atoms with Crippen molar-refractivity contribution in [3.8, 4) is 0 Å². The Balaban J connectivity index is 1.68. The van der Waals surface area contributed by atoms with Gasteiger partial charge in [0.05, 0.1) is 12.0 Å². The number of anilines is 1. The first-order chi connectivity index (χ1) is 11.6. The van der Waals surface area contributed by atoms with Crippen LogP contribution in [-0.4, -0.2) is 39.4 Å². The predicted molar refractivity (Wildman–Crippen MR) is 99.1 cm³/mol. The molecule has 1 aromatic carbocycles. The van der Waals surface area contributed by atoms with Gasteiger partial charge in [-0.25, -0.2) is 14.6 Å². The van der Waals surface area contributed by atoms with Gasteiger partial charge in [-0.2, -0.15) is 5.10 Å². The van der Waals surface area contributed by atoms with Crippen LogP contribution in [0.5, 0.6) is 0 Å². The normalized spacial score (nSPS) is 18.3. The number of ether oxygens (including phenoxy) is 1. The van der Waals surface area contributed by atoms with Gasteiger partial charge in [-0.05, 0) is 33.6 Å². The van der Waals surface area contributed by atoms with E-state index in [1.807, 2.05) is 19.2 Å². The standard InChI is InChI=1S/C16H15Br2N5O/c1-22-15-13(14(18)21-22)16(20-9-19-15)23-6-7-24-12(8-23)10-2-4-11(17)5-3-10/h2-5,9,12H,6-8H2,1H3. The first-order valence-corrected chi connectivity index (χ1v) is 9.17. The van der Waals surface area contributed by atoms with Crippen LogP contribution in [0.25, 0.3) is 11.0 Å². The number of hydrogen-bond acceptors (Lipinski definition) is 5. The zero-order valence-corrected chi connectivity index (χ0v) is 16.2. The molecule has 124 valence electrons. The second-order valence-electron chi connectivity index (χ2n) is 5.67. The number of hydrogen-bond donors (Lipinski definition) is 0. The third kappa shape index (κ3) is 2.82. The van der Waals surface area contributed by atoms with E-state index in [9.17, 15) is 0 Å². The van der Waals surface area contributed by atoms with E-state index in [0.717, 1.165) is 39.0 Å². The fraction of sp³-hybridized carbons (Fsp3) is 0.312. The zero-order chi connectivity index (χ0) is 16.7. The summed E-state index contributed by atoms with van der Waals surface area (Å²) in [4.78, 5) is 11.1. The summed E-state index contributed by atoms with van der Waals surface area (Å²) in [6.07, 6.45) is 1.61. The van der Waals surface area contributed by atoms with Crippen LogP contribution in [0.2, 0.25) is 0 Å². The second kappa shape index (κ2) is 6.42. The van der Waals surface area contributed by atoms with Gasteiger partial charge in [0.25, 0.3) is 0 Å². The molecule has 0 amide bonds. The molecule has 0 radical (unpaired) electrons. The summed E-state index contributed by atoms with van der Waals surface area (Å²) >= 11 is 7.00. The molecule has 0 spiro atoms. The minimum absolute atomic E-state index is 0.0207. The number of morpholine rings is 1. The molecule has 1 saturated heterocycles. The van der Waals surface area contributed by atoms with Crippen molar-refractivity contribution < 1.29 is 4.74 Å². The van der Waals surface area contributed by atoms with Gasteiger partial charge in [0.1, 0.15) is 22.9 Å². The Bertz CT molecular complexity index is 880. The molecule has 1 atom stereocenters. The summed E-state index contributed by atoms with van der Waals surface area (Å²) in [6.45, 7) is 2.19. The van der Waals surface area contributed by atoms with Crippen LogP contribution < -0.4 is 4.90 Å². The van der Waals surface area contributed by atoms with Crippen LogP contribution in [-0.2, 0) is 11.8 Å². The summed E-state index contributed by atoms with van der Waals surface area (Å²) in [5, 5.41) is 5.34. The molecule has 1 aliphatic heterocycles. The van der Waals surface area contributed by atoms with Crippen LogP contribution in [0.4, 0.5) is 5.82 Å². The maximum absolute atomic E-state index is 5.97. The number of benzene rings is 1. The largest absolute Gasteiger partial charge is 0.370 e. The average Bonchev–Trinajstić information content (AvgIpc) is 2.90. The van der Waals surface area contributed by atoms with E-state index >= 15 is 0 Å². The van der Waals surface area contributed by atoms with Crippen molar-refractivity contribution in [1.29, 1.82) is 0 Å². The highest BCUT2D eigenvalue weighted by molar-refractivity contribution is 9.10. The van der Waals surface area contributed by atoms with Gasteiger partial charge in [0.15, 0.2) is 5.65 Å². The molecular formula is C16H15Br2N5O. The predicted octanol–water partition coefficient (Wildman–Crippen LogP) is 3.47. The van der Waals surface area contributed by atoms with E-state index in [1.54, 1.807) is 11.0 Å². The van der Waals surface area contributed by atoms with E-state index in [2.05, 4.69) is 64.0 Å². The lowest BCUT2D eigenvalue weighted by Gasteiger charge is -2.34. The molecule has 0 aliphatic carbocycles.